The predicted molar refractivity (Wildman–Crippen MR) is 158 cm³/mol. The smallest absolute Gasteiger partial charge is 0.337 e. The molecule has 2 N–H and O–H groups in total. The third-order valence-corrected chi connectivity index (χ3v) is 8.40. The van der Waals surface area contributed by atoms with E-state index in [2.05, 4.69) is 15.0 Å². The summed E-state index contributed by atoms with van der Waals surface area (Å²) in [4.78, 5) is 32.3. The Morgan fingerprint density at radius 2 is 1.98 bits per heavy atom. The molecule has 3 atom stereocenters. The van der Waals surface area contributed by atoms with Gasteiger partial charge in [0.25, 0.3) is 5.91 Å². The molecule has 230 valence electrons. The van der Waals surface area contributed by atoms with Crippen LogP contribution in [-0.2, 0) is 9.47 Å². The van der Waals surface area contributed by atoms with Crippen molar-refractivity contribution in [3.63, 3.8) is 0 Å². The number of aliphatic hydroxyl groups is 1. The van der Waals surface area contributed by atoms with Gasteiger partial charge in [-0.15, -0.1) is 0 Å². The van der Waals surface area contributed by atoms with Gasteiger partial charge in [-0.05, 0) is 31.0 Å². The molecule has 43 heavy (non-hydrogen) atoms. The summed E-state index contributed by atoms with van der Waals surface area (Å²) in [7, 11) is 2.82. The van der Waals surface area contributed by atoms with Gasteiger partial charge in [0.05, 0.1) is 44.0 Å². The molecule has 1 aromatic heterocycles. The molecular weight excluding hydrogens is 555 g/mol. The first kappa shape index (κ1) is 30.7. The highest BCUT2D eigenvalue weighted by molar-refractivity contribution is 5.98. The van der Waals surface area contributed by atoms with Crippen LogP contribution in [0.2, 0.25) is 0 Å². The number of nitrogens with zero attached hydrogens (tertiary/aromatic N) is 3. The number of piperazine rings is 1. The number of halogens is 1. The van der Waals surface area contributed by atoms with E-state index < -0.39 is 17.4 Å². The average molecular weight is 595 g/mol. The van der Waals surface area contributed by atoms with Gasteiger partial charge in [0, 0.05) is 44.8 Å². The van der Waals surface area contributed by atoms with Gasteiger partial charge in [-0.3, -0.25) is 4.79 Å². The number of benzene rings is 2. The minimum absolute atomic E-state index is 0.0235. The molecule has 10 nitrogen and oxygen atoms in total. The third-order valence-electron chi connectivity index (χ3n) is 8.40. The lowest BCUT2D eigenvalue weighted by Crippen LogP contribution is -2.54. The van der Waals surface area contributed by atoms with Crippen molar-refractivity contribution < 1.29 is 33.3 Å². The Morgan fingerprint density at radius 3 is 2.72 bits per heavy atom. The lowest BCUT2D eigenvalue weighted by Gasteiger charge is -2.41. The zero-order valence-electron chi connectivity index (χ0n) is 24.6. The van der Waals surface area contributed by atoms with Crippen LogP contribution in [0.1, 0.15) is 59.0 Å². The normalized spacial score (nSPS) is 22.3. The zero-order chi connectivity index (χ0) is 30.4. The van der Waals surface area contributed by atoms with E-state index in [9.17, 15) is 19.1 Å². The number of hydrogen-bond acceptors (Lipinski definition) is 8. The molecule has 0 unspecified atom stereocenters. The minimum Gasteiger partial charge on any atom is -0.490 e. The van der Waals surface area contributed by atoms with Crippen LogP contribution in [0.5, 0.6) is 5.75 Å². The van der Waals surface area contributed by atoms with Crippen molar-refractivity contribution >= 4 is 11.9 Å². The largest absolute Gasteiger partial charge is 0.490 e. The third kappa shape index (κ3) is 6.58. The molecule has 2 aliphatic rings. The maximum atomic E-state index is 14.6. The van der Waals surface area contributed by atoms with Crippen molar-refractivity contribution in [2.75, 3.05) is 47.1 Å². The van der Waals surface area contributed by atoms with E-state index in [-0.39, 0.29) is 42.5 Å². The Morgan fingerprint density at radius 1 is 1.16 bits per heavy atom. The number of methoxy groups -OCH3 is 2. The fraction of sp³-hybridized carbons (Fsp3) is 0.469. The van der Waals surface area contributed by atoms with E-state index in [4.69, 9.17) is 9.47 Å². The molecule has 2 aromatic carbocycles. The highest BCUT2D eigenvalue weighted by atomic mass is 19.1. The highest BCUT2D eigenvalue weighted by Crippen LogP contribution is 2.41. The van der Waals surface area contributed by atoms with Gasteiger partial charge in [0.2, 0.25) is 0 Å². The van der Waals surface area contributed by atoms with E-state index in [1.165, 1.54) is 19.2 Å². The number of amides is 1. The van der Waals surface area contributed by atoms with Gasteiger partial charge in [-0.25, -0.2) is 14.2 Å². The Labute approximate surface area is 250 Å². The first-order valence-corrected chi connectivity index (χ1v) is 14.7. The SMILES string of the molecule is COC[C@]1(O)CCCC[C@H]1n1cnc(C(=O)N2CCNC[C@H]2CCOc2ccc(C(=O)OC)cc2F)c1-c1ccccc1. The number of carbonyl (C=O) groups is 2. The molecule has 3 aromatic rings. The zero-order valence-corrected chi connectivity index (χ0v) is 24.6. The second-order valence-electron chi connectivity index (χ2n) is 11.1. The van der Waals surface area contributed by atoms with Crippen LogP contribution in [0.15, 0.2) is 54.9 Å². The summed E-state index contributed by atoms with van der Waals surface area (Å²) in [6.45, 7) is 2.01. The van der Waals surface area contributed by atoms with Crippen LogP contribution in [0.3, 0.4) is 0 Å². The van der Waals surface area contributed by atoms with E-state index in [0.717, 1.165) is 30.9 Å². The first-order valence-electron chi connectivity index (χ1n) is 14.7. The van der Waals surface area contributed by atoms with E-state index >= 15 is 0 Å². The fourth-order valence-electron chi connectivity index (χ4n) is 6.25. The topological polar surface area (TPSA) is 115 Å². The lowest BCUT2D eigenvalue weighted by molar-refractivity contribution is -0.0893. The van der Waals surface area contributed by atoms with Crippen LogP contribution >= 0.6 is 0 Å². The van der Waals surface area contributed by atoms with E-state index in [0.29, 0.717) is 43.9 Å². The maximum absolute atomic E-state index is 14.6. The quantitative estimate of drug-likeness (QED) is 0.340. The van der Waals surface area contributed by atoms with Crippen molar-refractivity contribution in [1.29, 1.82) is 0 Å². The van der Waals surface area contributed by atoms with Gasteiger partial charge in [-0.2, -0.15) is 0 Å². The summed E-state index contributed by atoms with van der Waals surface area (Å²) in [6.07, 6.45) is 5.34. The molecule has 1 saturated heterocycles. The first-order chi connectivity index (χ1) is 20.9. The second-order valence-corrected chi connectivity index (χ2v) is 11.1. The molecule has 0 bridgehead atoms. The van der Waals surface area contributed by atoms with Crippen LogP contribution in [0.25, 0.3) is 11.3 Å². The van der Waals surface area contributed by atoms with Gasteiger partial charge in [0.1, 0.15) is 5.60 Å². The lowest BCUT2D eigenvalue weighted by atomic mass is 9.80. The molecule has 11 heteroatoms. The average Bonchev–Trinajstić information content (AvgIpc) is 3.46. The minimum atomic E-state index is -1.07. The summed E-state index contributed by atoms with van der Waals surface area (Å²) in [5.41, 5.74) is 0.872. The molecule has 2 heterocycles. The number of rotatable bonds is 10. The molecule has 1 amide bonds. The Hall–Kier alpha value is -3.80. The highest BCUT2D eigenvalue weighted by Gasteiger charge is 2.42. The molecule has 0 radical (unpaired) electrons. The van der Waals surface area contributed by atoms with E-state index in [1.807, 2.05) is 34.9 Å². The fourth-order valence-corrected chi connectivity index (χ4v) is 6.25. The molecule has 1 aliphatic carbocycles. The number of esters is 1. The summed E-state index contributed by atoms with van der Waals surface area (Å²) >= 11 is 0. The molecule has 1 saturated carbocycles. The molecule has 0 spiro atoms. The maximum Gasteiger partial charge on any atom is 0.337 e. The number of imidazole rings is 1. The van der Waals surface area contributed by atoms with Crippen LogP contribution in [0, 0.1) is 5.82 Å². The van der Waals surface area contributed by atoms with Crippen molar-refractivity contribution in [3.8, 4) is 17.0 Å². The molecule has 5 rings (SSSR count). The summed E-state index contributed by atoms with van der Waals surface area (Å²) in [5.74, 6) is -1.47. The number of ether oxygens (including phenoxy) is 3. The van der Waals surface area contributed by atoms with Gasteiger partial charge >= 0.3 is 5.97 Å². The van der Waals surface area contributed by atoms with Gasteiger partial charge in [0.15, 0.2) is 17.3 Å². The number of nitrogens with one attached hydrogen (secondary N) is 1. The second kappa shape index (κ2) is 13.7. The summed E-state index contributed by atoms with van der Waals surface area (Å²) in [5, 5.41) is 15.0. The standard InChI is InChI=1S/C32H39FN4O6/c1-41-20-32(40)14-7-6-10-27(32)37-21-35-28(29(37)22-8-4-3-5-9-22)30(38)36-16-15-34-19-24(36)13-17-43-26-12-11-23(18-25(26)33)31(39)42-2/h3-5,8-9,11-12,18,21,24,27,34,40H,6-7,10,13-17,19-20H2,1-2H3/t24-,27-,32-/m1/s1. The number of carbonyl (C=O) groups excluding carboxylic acids is 2. The van der Waals surface area contributed by atoms with Gasteiger partial charge in [-0.1, -0.05) is 43.2 Å². The Kier molecular flexibility index (Phi) is 9.74. The molecular formula is C32H39FN4O6. The Balaban J connectivity index is 1.38. The predicted octanol–water partition coefficient (Wildman–Crippen LogP) is 3.85. The van der Waals surface area contributed by atoms with Crippen molar-refractivity contribution in [3.05, 3.63) is 71.9 Å². The van der Waals surface area contributed by atoms with Crippen LogP contribution in [0.4, 0.5) is 4.39 Å². The Bertz CT molecular complexity index is 1410. The van der Waals surface area contributed by atoms with Crippen LogP contribution in [-0.4, -0.2) is 90.1 Å². The number of hydrogen-bond donors (Lipinski definition) is 2. The van der Waals surface area contributed by atoms with Crippen molar-refractivity contribution in [2.24, 2.45) is 0 Å². The van der Waals surface area contributed by atoms with Gasteiger partial charge < -0.3 is 34.1 Å². The van der Waals surface area contributed by atoms with E-state index in [1.54, 1.807) is 18.3 Å². The van der Waals surface area contributed by atoms with Crippen LogP contribution < -0.4 is 10.1 Å². The summed E-state index contributed by atoms with van der Waals surface area (Å²) in [6, 6.07) is 13.1. The van der Waals surface area contributed by atoms with Crippen molar-refractivity contribution in [1.82, 2.24) is 19.8 Å². The van der Waals surface area contributed by atoms with Crippen molar-refractivity contribution in [2.45, 2.75) is 49.8 Å². The number of aromatic nitrogens is 2. The monoisotopic (exact) mass is 594 g/mol. The molecule has 2 fully saturated rings. The molecule has 1 aliphatic heterocycles. The summed E-state index contributed by atoms with van der Waals surface area (Å²) < 4.78 is 32.3.